The van der Waals surface area contributed by atoms with Gasteiger partial charge in [0.05, 0.1) is 0 Å². The van der Waals surface area contributed by atoms with Crippen LogP contribution < -0.4 is 10.9 Å². The maximum atomic E-state index is 4.02. The Kier molecular flexibility index (Phi) is 2.25. The lowest BCUT2D eigenvalue weighted by Gasteiger charge is -2.11. The predicted octanol–water partition coefficient (Wildman–Crippen LogP) is 0.626. The molecule has 10 heavy (non-hydrogen) atoms. The molecule has 0 unspecified atom stereocenters. The van der Waals surface area contributed by atoms with Gasteiger partial charge >= 0.3 is 0 Å². The zero-order valence-corrected chi connectivity index (χ0v) is 6.31. The van der Waals surface area contributed by atoms with Crippen LogP contribution in [-0.2, 0) is 0 Å². The number of nitrogens with zero attached hydrogens (tertiary/aromatic N) is 2. The largest absolute Gasteiger partial charge is 0.262 e. The minimum absolute atomic E-state index is 0.882. The number of amidine groups is 2. The van der Waals surface area contributed by atoms with Crippen molar-refractivity contribution in [3.05, 3.63) is 0 Å². The summed E-state index contributed by atoms with van der Waals surface area (Å²) in [5.74, 6) is 1.77. The van der Waals surface area contributed by atoms with Gasteiger partial charge in [0.25, 0.3) is 0 Å². The average Bonchev–Trinajstić information content (AvgIpc) is 2.05. The standard InChI is InChI=1S/C6H12N4/c1-3-5-7-9-6(4-2)10-8-5/h3-4H2,1-2H3,(H,7,8)(H,9,10). The lowest BCUT2D eigenvalue weighted by atomic mass is 10.4. The van der Waals surface area contributed by atoms with Gasteiger partial charge in [-0.2, -0.15) is 10.2 Å². The van der Waals surface area contributed by atoms with Crippen LogP contribution in [-0.4, -0.2) is 11.7 Å². The van der Waals surface area contributed by atoms with Crippen molar-refractivity contribution in [2.75, 3.05) is 0 Å². The van der Waals surface area contributed by atoms with Crippen LogP contribution in [0.1, 0.15) is 26.7 Å². The normalized spacial score (nSPS) is 16.6. The number of rotatable bonds is 2. The van der Waals surface area contributed by atoms with Gasteiger partial charge in [-0.05, 0) is 0 Å². The molecule has 56 valence electrons. The number of hydrogen-bond donors (Lipinski definition) is 2. The number of hydrazone groups is 2. The highest BCUT2D eigenvalue weighted by Crippen LogP contribution is 1.89. The minimum atomic E-state index is 0.882. The Balaban J connectivity index is 2.45. The van der Waals surface area contributed by atoms with Gasteiger partial charge in [-0.15, -0.1) is 0 Å². The summed E-state index contributed by atoms with van der Waals surface area (Å²) in [6.07, 6.45) is 1.76. The average molecular weight is 140 g/mol. The SMILES string of the molecule is CCC1=NNC(CC)=NN1. The number of hydrogen-bond acceptors (Lipinski definition) is 4. The molecule has 0 aromatic carbocycles. The molecule has 0 bridgehead atoms. The van der Waals surface area contributed by atoms with Crippen molar-refractivity contribution in [3.63, 3.8) is 0 Å². The van der Waals surface area contributed by atoms with E-state index in [1.165, 1.54) is 0 Å². The first-order chi connectivity index (χ1) is 4.86. The Hall–Kier alpha value is -1.06. The zero-order valence-electron chi connectivity index (χ0n) is 6.31. The van der Waals surface area contributed by atoms with Gasteiger partial charge in [0, 0.05) is 12.8 Å². The highest BCUT2D eigenvalue weighted by atomic mass is 15.5. The van der Waals surface area contributed by atoms with E-state index in [1.54, 1.807) is 0 Å². The van der Waals surface area contributed by atoms with E-state index in [-0.39, 0.29) is 0 Å². The Morgan fingerprint density at radius 3 is 1.60 bits per heavy atom. The van der Waals surface area contributed by atoms with Crippen molar-refractivity contribution in [3.8, 4) is 0 Å². The van der Waals surface area contributed by atoms with E-state index >= 15 is 0 Å². The van der Waals surface area contributed by atoms with Crippen LogP contribution in [0.25, 0.3) is 0 Å². The van der Waals surface area contributed by atoms with E-state index < -0.39 is 0 Å². The molecule has 4 heteroatoms. The molecule has 0 saturated heterocycles. The maximum Gasteiger partial charge on any atom is 0.142 e. The summed E-state index contributed by atoms with van der Waals surface area (Å²) in [7, 11) is 0. The van der Waals surface area contributed by atoms with Gasteiger partial charge in [0.2, 0.25) is 0 Å². The summed E-state index contributed by atoms with van der Waals surface area (Å²) >= 11 is 0. The molecule has 0 aliphatic carbocycles. The Morgan fingerprint density at radius 1 is 1.00 bits per heavy atom. The summed E-state index contributed by atoms with van der Waals surface area (Å²) in [6, 6.07) is 0. The molecule has 0 fully saturated rings. The third kappa shape index (κ3) is 1.46. The van der Waals surface area contributed by atoms with Gasteiger partial charge in [-0.1, -0.05) is 13.8 Å². The van der Waals surface area contributed by atoms with Crippen molar-refractivity contribution in [2.45, 2.75) is 26.7 Å². The first kappa shape index (κ1) is 7.05. The first-order valence-corrected chi connectivity index (χ1v) is 3.52. The fourth-order valence-electron chi connectivity index (χ4n) is 0.630. The summed E-state index contributed by atoms with van der Waals surface area (Å²) < 4.78 is 0. The molecule has 2 N–H and O–H groups in total. The van der Waals surface area contributed by atoms with Crippen LogP contribution in [0.15, 0.2) is 10.2 Å². The lowest BCUT2D eigenvalue weighted by Crippen LogP contribution is -2.32. The molecule has 1 rings (SSSR count). The molecule has 1 aliphatic rings. The van der Waals surface area contributed by atoms with E-state index in [9.17, 15) is 0 Å². The third-order valence-corrected chi connectivity index (χ3v) is 1.31. The molecule has 0 saturated carbocycles. The molecule has 0 amide bonds. The monoisotopic (exact) mass is 140 g/mol. The zero-order chi connectivity index (χ0) is 7.40. The molecule has 0 aromatic heterocycles. The molecule has 0 radical (unpaired) electrons. The molecular formula is C6H12N4. The van der Waals surface area contributed by atoms with Crippen LogP contribution in [0.5, 0.6) is 0 Å². The van der Waals surface area contributed by atoms with Crippen molar-refractivity contribution in [2.24, 2.45) is 10.2 Å². The summed E-state index contributed by atoms with van der Waals surface area (Å²) in [5.41, 5.74) is 5.69. The number of nitrogens with one attached hydrogen (secondary N) is 2. The van der Waals surface area contributed by atoms with Gasteiger partial charge in [0.1, 0.15) is 11.7 Å². The Labute approximate surface area is 60.4 Å². The van der Waals surface area contributed by atoms with E-state index in [0.29, 0.717) is 0 Å². The minimum Gasteiger partial charge on any atom is -0.262 e. The molecule has 0 atom stereocenters. The van der Waals surface area contributed by atoms with Gasteiger partial charge in [-0.3, -0.25) is 10.9 Å². The van der Waals surface area contributed by atoms with E-state index in [2.05, 4.69) is 21.1 Å². The van der Waals surface area contributed by atoms with Gasteiger partial charge in [-0.25, -0.2) is 0 Å². The van der Waals surface area contributed by atoms with Crippen molar-refractivity contribution in [1.29, 1.82) is 0 Å². The van der Waals surface area contributed by atoms with Crippen LogP contribution in [0.2, 0.25) is 0 Å². The summed E-state index contributed by atoms with van der Waals surface area (Å²) in [6.45, 7) is 4.06. The van der Waals surface area contributed by atoms with Crippen LogP contribution >= 0.6 is 0 Å². The van der Waals surface area contributed by atoms with Crippen molar-refractivity contribution < 1.29 is 0 Å². The summed E-state index contributed by atoms with van der Waals surface area (Å²) in [5, 5.41) is 8.05. The molecule has 0 spiro atoms. The molecular weight excluding hydrogens is 128 g/mol. The Bertz CT molecular complexity index is 151. The van der Waals surface area contributed by atoms with Crippen molar-refractivity contribution >= 4 is 11.7 Å². The van der Waals surface area contributed by atoms with E-state index in [4.69, 9.17) is 0 Å². The van der Waals surface area contributed by atoms with Gasteiger partial charge in [0.15, 0.2) is 0 Å². The third-order valence-electron chi connectivity index (χ3n) is 1.31. The first-order valence-electron chi connectivity index (χ1n) is 3.52. The van der Waals surface area contributed by atoms with E-state index in [1.807, 2.05) is 13.8 Å². The lowest BCUT2D eigenvalue weighted by molar-refractivity contribution is 0.834. The fourth-order valence-corrected chi connectivity index (χ4v) is 0.630. The predicted molar refractivity (Wildman–Crippen MR) is 41.7 cm³/mol. The second kappa shape index (κ2) is 3.20. The van der Waals surface area contributed by atoms with Crippen LogP contribution in [0, 0.1) is 0 Å². The highest BCUT2D eigenvalue weighted by molar-refractivity contribution is 5.90. The van der Waals surface area contributed by atoms with Crippen LogP contribution in [0.4, 0.5) is 0 Å². The summed E-state index contributed by atoms with van der Waals surface area (Å²) in [4.78, 5) is 0. The van der Waals surface area contributed by atoms with E-state index in [0.717, 1.165) is 24.5 Å². The fraction of sp³-hybridized carbons (Fsp3) is 0.667. The van der Waals surface area contributed by atoms with Gasteiger partial charge < -0.3 is 0 Å². The second-order valence-electron chi connectivity index (χ2n) is 2.05. The van der Waals surface area contributed by atoms with Crippen molar-refractivity contribution in [1.82, 2.24) is 10.9 Å². The molecule has 1 aliphatic heterocycles. The Morgan fingerprint density at radius 2 is 1.40 bits per heavy atom. The topological polar surface area (TPSA) is 48.8 Å². The second-order valence-corrected chi connectivity index (χ2v) is 2.05. The maximum absolute atomic E-state index is 4.02. The smallest absolute Gasteiger partial charge is 0.142 e. The quantitative estimate of drug-likeness (QED) is 0.591. The molecule has 4 nitrogen and oxygen atoms in total. The molecule has 0 aromatic rings. The van der Waals surface area contributed by atoms with Crippen LogP contribution in [0.3, 0.4) is 0 Å². The molecule has 1 heterocycles. The highest BCUT2D eigenvalue weighted by Gasteiger charge is 2.01.